The topological polar surface area (TPSA) is 122 Å². The van der Waals surface area contributed by atoms with Crippen molar-refractivity contribution in [1.82, 2.24) is 0 Å². The first kappa shape index (κ1) is 8.12. The zero-order valence-electron chi connectivity index (χ0n) is 5.98. The van der Waals surface area contributed by atoms with Gasteiger partial charge in [0.15, 0.2) is 17.2 Å². The predicted molar refractivity (Wildman–Crippen MR) is 44.1 cm³/mol. The van der Waals surface area contributed by atoms with Gasteiger partial charge in [-0.15, -0.1) is 4.91 Å². The van der Waals surface area contributed by atoms with Gasteiger partial charge >= 0.3 is 0 Å². The number of hydrogen-bond donors (Lipinski definition) is 4. The van der Waals surface area contributed by atoms with Crippen molar-refractivity contribution in [2.45, 2.75) is 0 Å². The molecule has 0 bridgehead atoms. The van der Waals surface area contributed by atoms with Gasteiger partial charge in [0.05, 0.1) is 11.4 Å². The standard InChI is InChI=1S/C6H7N3O3/c7-2-1-3(10)5(9-12)6(11)4(2)8/h1,10-11H,7-8H2. The molecule has 1 rings (SSSR count). The fourth-order valence-corrected chi connectivity index (χ4v) is 0.769. The molecule has 0 spiro atoms. The van der Waals surface area contributed by atoms with E-state index in [1.165, 1.54) is 0 Å². The summed E-state index contributed by atoms with van der Waals surface area (Å²) in [6.45, 7) is 0. The molecule has 0 aliphatic rings. The molecule has 0 aliphatic heterocycles. The Hall–Kier alpha value is -1.98. The highest BCUT2D eigenvalue weighted by atomic mass is 16.3. The molecule has 6 N–H and O–H groups in total. The maximum absolute atomic E-state index is 10.0. The smallest absolute Gasteiger partial charge is 0.193 e. The number of nitroso groups, excluding NO2 is 1. The second-order valence-electron chi connectivity index (χ2n) is 2.19. The lowest BCUT2D eigenvalue weighted by atomic mass is 10.2. The van der Waals surface area contributed by atoms with Gasteiger partial charge in [0, 0.05) is 6.07 Å². The molecule has 0 amide bonds. The highest BCUT2D eigenvalue weighted by Gasteiger charge is 2.13. The van der Waals surface area contributed by atoms with Gasteiger partial charge in [-0.2, -0.15) is 0 Å². The number of nitrogen functional groups attached to an aromatic ring is 2. The summed E-state index contributed by atoms with van der Waals surface area (Å²) in [6, 6.07) is 1.05. The number of rotatable bonds is 1. The van der Waals surface area contributed by atoms with E-state index in [4.69, 9.17) is 21.7 Å². The van der Waals surface area contributed by atoms with E-state index in [0.29, 0.717) is 0 Å². The molecule has 0 fully saturated rings. The zero-order chi connectivity index (χ0) is 9.30. The van der Waals surface area contributed by atoms with Crippen molar-refractivity contribution in [3.8, 4) is 11.5 Å². The lowest BCUT2D eigenvalue weighted by Crippen LogP contribution is -1.94. The van der Waals surface area contributed by atoms with Gasteiger partial charge in [0.25, 0.3) is 0 Å². The molecule has 0 unspecified atom stereocenters. The molecule has 64 valence electrons. The van der Waals surface area contributed by atoms with E-state index in [-0.39, 0.29) is 11.4 Å². The third-order valence-electron chi connectivity index (χ3n) is 1.42. The lowest BCUT2D eigenvalue weighted by Gasteiger charge is -2.05. The Kier molecular flexibility index (Phi) is 1.74. The van der Waals surface area contributed by atoms with Crippen molar-refractivity contribution < 1.29 is 10.2 Å². The van der Waals surface area contributed by atoms with Crippen LogP contribution in [0.25, 0.3) is 0 Å². The molecule has 6 nitrogen and oxygen atoms in total. The molecule has 1 aromatic rings. The van der Waals surface area contributed by atoms with Crippen molar-refractivity contribution in [3.63, 3.8) is 0 Å². The number of phenols is 2. The van der Waals surface area contributed by atoms with Crippen molar-refractivity contribution in [3.05, 3.63) is 11.0 Å². The lowest BCUT2D eigenvalue weighted by molar-refractivity contribution is 0.455. The van der Waals surface area contributed by atoms with E-state index < -0.39 is 17.2 Å². The van der Waals surface area contributed by atoms with E-state index in [1.54, 1.807) is 0 Å². The Morgan fingerprint density at radius 1 is 1.33 bits per heavy atom. The Labute approximate surface area is 67.4 Å². The number of phenolic OH excluding ortho intramolecular Hbond substituents is 2. The largest absolute Gasteiger partial charge is 0.505 e. The fourth-order valence-electron chi connectivity index (χ4n) is 0.769. The Bertz CT molecular complexity index is 337. The number of anilines is 2. The number of hydrogen-bond acceptors (Lipinski definition) is 6. The number of benzene rings is 1. The maximum atomic E-state index is 10.0. The Morgan fingerprint density at radius 2 is 1.92 bits per heavy atom. The van der Waals surface area contributed by atoms with Gasteiger partial charge in [0.1, 0.15) is 0 Å². The Morgan fingerprint density at radius 3 is 2.42 bits per heavy atom. The van der Waals surface area contributed by atoms with Gasteiger partial charge in [-0.05, 0) is 5.18 Å². The minimum absolute atomic E-state index is 0.00241. The third-order valence-corrected chi connectivity index (χ3v) is 1.42. The van der Waals surface area contributed by atoms with Crippen LogP contribution in [-0.4, -0.2) is 10.2 Å². The van der Waals surface area contributed by atoms with Crippen LogP contribution in [0, 0.1) is 4.91 Å². The van der Waals surface area contributed by atoms with Gasteiger partial charge in [-0.3, -0.25) is 0 Å². The molecule has 6 heteroatoms. The van der Waals surface area contributed by atoms with Crippen LogP contribution in [0.5, 0.6) is 11.5 Å². The molecular weight excluding hydrogens is 162 g/mol. The van der Waals surface area contributed by atoms with Gasteiger partial charge in [-0.25, -0.2) is 0 Å². The average Bonchev–Trinajstić information content (AvgIpc) is 2.01. The summed E-state index contributed by atoms with van der Waals surface area (Å²) >= 11 is 0. The third kappa shape index (κ3) is 0.986. The highest BCUT2D eigenvalue weighted by molar-refractivity contribution is 5.82. The van der Waals surface area contributed by atoms with Gasteiger partial charge in [0.2, 0.25) is 0 Å². The Balaban J connectivity index is 3.51. The quantitative estimate of drug-likeness (QED) is 0.213. The van der Waals surface area contributed by atoms with E-state index in [1.807, 2.05) is 0 Å². The van der Waals surface area contributed by atoms with E-state index in [2.05, 4.69) is 5.18 Å². The molecule has 0 saturated carbocycles. The van der Waals surface area contributed by atoms with Crippen LogP contribution in [-0.2, 0) is 0 Å². The fraction of sp³-hybridized carbons (Fsp3) is 0. The molecule has 12 heavy (non-hydrogen) atoms. The molecule has 0 aliphatic carbocycles. The van der Waals surface area contributed by atoms with E-state index in [9.17, 15) is 4.91 Å². The van der Waals surface area contributed by atoms with Crippen LogP contribution in [0.1, 0.15) is 0 Å². The highest BCUT2D eigenvalue weighted by Crippen LogP contribution is 2.43. The summed E-state index contributed by atoms with van der Waals surface area (Å²) < 4.78 is 0. The first-order chi connectivity index (χ1) is 5.57. The van der Waals surface area contributed by atoms with Crippen molar-refractivity contribution in [1.29, 1.82) is 0 Å². The van der Waals surface area contributed by atoms with Crippen LogP contribution >= 0.6 is 0 Å². The number of nitrogens with zero attached hydrogens (tertiary/aromatic N) is 1. The SMILES string of the molecule is Nc1cc(O)c(N=O)c(O)c1N. The summed E-state index contributed by atoms with van der Waals surface area (Å²) in [5.41, 5.74) is 9.83. The second kappa shape index (κ2) is 2.57. The maximum Gasteiger partial charge on any atom is 0.193 e. The first-order valence-electron chi connectivity index (χ1n) is 3.01. The van der Waals surface area contributed by atoms with Crippen LogP contribution in [0.3, 0.4) is 0 Å². The van der Waals surface area contributed by atoms with Crippen molar-refractivity contribution >= 4 is 17.1 Å². The van der Waals surface area contributed by atoms with Gasteiger partial charge in [-0.1, -0.05) is 0 Å². The van der Waals surface area contributed by atoms with Crippen LogP contribution in [0.15, 0.2) is 11.2 Å². The van der Waals surface area contributed by atoms with E-state index in [0.717, 1.165) is 6.07 Å². The molecule has 0 radical (unpaired) electrons. The number of aromatic hydroxyl groups is 2. The second-order valence-corrected chi connectivity index (χ2v) is 2.19. The molecular formula is C6H7N3O3. The summed E-state index contributed by atoms with van der Waals surface area (Å²) in [5, 5.41) is 20.5. The summed E-state index contributed by atoms with van der Waals surface area (Å²) in [6.07, 6.45) is 0. The monoisotopic (exact) mass is 169 g/mol. The molecule has 0 aromatic heterocycles. The molecule has 1 aromatic carbocycles. The normalized spacial score (nSPS) is 9.67. The first-order valence-corrected chi connectivity index (χ1v) is 3.01. The van der Waals surface area contributed by atoms with Crippen molar-refractivity contribution in [2.24, 2.45) is 5.18 Å². The van der Waals surface area contributed by atoms with Gasteiger partial charge < -0.3 is 21.7 Å². The molecule has 0 atom stereocenters. The van der Waals surface area contributed by atoms with Crippen molar-refractivity contribution in [2.75, 3.05) is 11.5 Å². The van der Waals surface area contributed by atoms with E-state index >= 15 is 0 Å². The minimum atomic E-state index is -0.595. The average molecular weight is 169 g/mol. The van der Waals surface area contributed by atoms with Crippen LogP contribution < -0.4 is 11.5 Å². The minimum Gasteiger partial charge on any atom is -0.505 e. The van der Waals surface area contributed by atoms with Crippen LogP contribution in [0.4, 0.5) is 17.1 Å². The predicted octanol–water partition coefficient (Wildman–Crippen LogP) is 0.660. The zero-order valence-corrected chi connectivity index (χ0v) is 5.98. The summed E-state index contributed by atoms with van der Waals surface area (Å²) in [7, 11) is 0. The summed E-state index contributed by atoms with van der Waals surface area (Å²) in [4.78, 5) is 10.0. The molecule has 0 heterocycles. The summed E-state index contributed by atoms with van der Waals surface area (Å²) in [5.74, 6) is -1.09. The molecule has 0 saturated heterocycles. The number of nitrogens with two attached hydrogens (primary N) is 2. The van der Waals surface area contributed by atoms with Crippen LogP contribution in [0.2, 0.25) is 0 Å².